The maximum atomic E-state index is 5.90. The molecule has 0 aliphatic rings. The van der Waals surface area contributed by atoms with Crippen molar-refractivity contribution in [2.24, 2.45) is 0 Å². The number of hydrogen-bond acceptors (Lipinski definition) is 3. The van der Waals surface area contributed by atoms with Gasteiger partial charge in [0.05, 0.1) is 10.7 Å². The van der Waals surface area contributed by atoms with Gasteiger partial charge in [-0.25, -0.2) is 0 Å². The predicted molar refractivity (Wildman–Crippen MR) is 74.5 cm³/mol. The molecule has 0 spiro atoms. The smallest absolute Gasteiger partial charge is 0.175 e. The first-order chi connectivity index (χ1) is 8.06. The summed E-state index contributed by atoms with van der Waals surface area (Å²) in [5.41, 5.74) is 1.40. The third kappa shape index (κ3) is 3.22. The summed E-state index contributed by atoms with van der Waals surface area (Å²) in [6, 6.07) is 7.00. The van der Waals surface area contributed by atoms with Gasteiger partial charge in [-0.2, -0.15) is 0 Å². The lowest BCUT2D eigenvalue weighted by atomic mass is 10.3. The summed E-state index contributed by atoms with van der Waals surface area (Å²) < 4.78 is 0.786. The van der Waals surface area contributed by atoms with Crippen LogP contribution < -0.4 is 5.32 Å². The van der Waals surface area contributed by atoms with E-state index in [1.165, 1.54) is 0 Å². The van der Waals surface area contributed by atoms with Crippen molar-refractivity contribution in [3.8, 4) is 0 Å². The number of halogens is 4. The summed E-state index contributed by atoms with van der Waals surface area (Å²) in [6.45, 7) is 0. The quantitative estimate of drug-likeness (QED) is 0.831. The van der Waals surface area contributed by atoms with E-state index in [1.54, 1.807) is 12.1 Å². The number of rotatable bonds is 2. The molecule has 0 atom stereocenters. The van der Waals surface area contributed by atoms with Gasteiger partial charge in [0, 0.05) is 16.2 Å². The second-order valence-electron chi connectivity index (χ2n) is 3.13. The highest BCUT2D eigenvalue weighted by atomic mass is 79.9. The zero-order valence-electron chi connectivity index (χ0n) is 8.22. The van der Waals surface area contributed by atoms with E-state index in [0.29, 0.717) is 10.7 Å². The molecular formula is C10H5BrCl3N3. The molecule has 0 fully saturated rings. The van der Waals surface area contributed by atoms with Crippen molar-refractivity contribution in [3.63, 3.8) is 0 Å². The van der Waals surface area contributed by atoms with Gasteiger partial charge in [-0.15, -0.1) is 10.2 Å². The molecule has 0 unspecified atom stereocenters. The lowest BCUT2D eigenvalue weighted by molar-refractivity contribution is 1.03. The fraction of sp³-hybridized carbons (Fsp3) is 0. The molecule has 0 radical (unpaired) electrons. The molecule has 1 aromatic carbocycles. The summed E-state index contributed by atoms with van der Waals surface area (Å²) in [7, 11) is 0. The van der Waals surface area contributed by atoms with Crippen molar-refractivity contribution in [2.45, 2.75) is 0 Å². The zero-order chi connectivity index (χ0) is 12.4. The Morgan fingerprint density at radius 2 is 1.82 bits per heavy atom. The molecule has 3 nitrogen and oxygen atoms in total. The second-order valence-corrected chi connectivity index (χ2v) is 5.13. The lowest BCUT2D eigenvalue weighted by Crippen LogP contribution is -1.94. The number of benzene rings is 1. The molecule has 0 bridgehead atoms. The SMILES string of the molecule is Clc1cc(Nc2ccc(Cl)c(Br)c2)c(Cl)nn1. The van der Waals surface area contributed by atoms with Gasteiger partial charge in [0.1, 0.15) is 0 Å². The van der Waals surface area contributed by atoms with Crippen LogP contribution in [0.25, 0.3) is 0 Å². The Labute approximate surface area is 121 Å². The molecule has 1 N–H and O–H groups in total. The van der Waals surface area contributed by atoms with Crippen molar-refractivity contribution in [1.29, 1.82) is 0 Å². The van der Waals surface area contributed by atoms with Crippen molar-refractivity contribution >= 4 is 62.1 Å². The largest absolute Gasteiger partial charge is 0.353 e. The highest BCUT2D eigenvalue weighted by Crippen LogP contribution is 2.29. The molecule has 2 rings (SSSR count). The summed E-state index contributed by atoms with van der Waals surface area (Å²) in [6.07, 6.45) is 0. The van der Waals surface area contributed by atoms with E-state index in [4.69, 9.17) is 34.8 Å². The van der Waals surface area contributed by atoms with E-state index < -0.39 is 0 Å². The fourth-order valence-electron chi connectivity index (χ4n) is 1.17. The van der Waals surface area contributed by atoms with Gasteiger partial charge < -0.3 is 5.32 Å². The predicted octanol–water partition coefficient (Wildman–Crippen LogP) is 4.94. The first-order valence-corrected chi connectivity index (χ1v) is 6.40. The summed E-state index contributed by atoms with van der Waals surface area (Å²) in [4.78, 5) is 0. The molecule has 17 heavy (non-hydrogen) atoms. The van der Waals surface area contributed by atoms with Gasteiger partial charge in [0.15, 0.2) is 10.3 Å². The lowest BCUT2D eigenvalue weighted by Gasteiger charge is -2.08. The van der Waals surface area contributed by atoms with E-state index in [9.17, 15) is 0 Å². The van der Waals surface area contributed by atoms with Crippen LogP contribution in [0.5, 0.6) is 0 Å². The number of nitrogens with zero attached hydrogens (tertiary/aromatic N) is 2. The maximum absolute atomic E-state index is 5.90. The Morgan fingerprint density at radius 3 is 2.53 bits per heavy atom. The van der Waals surface area contributed by atoms with E-state index in [1.807, 2.05) is 12.1 Å². The normalized spacial score (nSPS) is 10.4. The van der Waals surface area contributed by atoms with Crippen LogP contribution in [-0.2, 0) is 0 Å². The minimum atomic E-state index is 0.250. The molecule has 2 aromatic rings. The number of anilines is 2. The van der Waals surface area contributed by atoms with Crippen LogP contribution in [0.15, 0.2) is 28.7 Å². The van der Waals surface area contributed by atoms with Crippen molar-refractivity contribution < 1.29 is 0 Å². The van der Waals surface area contributed by atoms with Gasteiger partial charge in [0.2, 0.25) is 0 Å². The Balaban J connectivity index is 2.31. The van der Waals surface area contributed by atoms with E-state index in [0.717, 1.165) is 10.2 Å². The molecule has 88 valence electrons. The molecule has 1 aromatic heterocycles. The first-order valence-electron chi connectivity index (χ1n) is 4.47. The molecular weight excluding hydrogens is 348 g/mol. The van der Waals surface area contributed by atoms with Crippen LogP contribution in [0.1, 0.15) is 0 Å². The van der Waals surface area contributed by atoms with Gasteiger partial charge in [-0.1, -0.05) is 34.8 Å². The topological polar surface area (TPSA) is 37.8 Å². The highest BCUT2D eigenvalue weighted by molar-refractivity contribution is 9.10. The Morgan fingerprint density at radius 1 is 1.06 bits per heavy atom. The maximum Gasteiger partial charge on any atom is 0.175 e. The number of hydrogen-bond donors (Lipinski definition) is 1. The molecule has 0 saturated carbocycles. The third-order valence-electron chi connectivity index (χ3n) is 1.92. The fourth-order valence-corrected chi connectivity index (χ4v) is 1.95. The van der Waals surface area contributed by atoms with Gasteiger partial charge in [-0.05, 0) is 34.1 Å². The van der Waals surface area contributed by atoms with Crippen LogP contribution in [0.2, 0.25) is 15.3 Å². The Kier molecular flexibility index (Phi) is 4.09. The minimum Gasteiger partial charge on any atom is -0.353 e. The van der Waals surface area contributed by atoms with Crippen LogP contribution in [0.3, 0.4) is 0 Å². The minimum absolute atomic E-state index is 0.250. The third-order valence-corrected chi connectivity index (χ3v) is 3.60. The molecule has 0 aliphatic carbocycles. The van der Waals surface area contributed by atoms with Crippen molar-refractivity contribution in [1.82, 2.24) is 10.2 Å². The van der Waals surface area contributed by atoms with E-state index in [-0.39, 0.29) is 10.3 Å². The molecule has 0 amide bonds. The van der Waals surface area contributed by atoms with Crippen LogP contribution >= 0.6 is 50.7 Å². The Bertz CT molecular complexity index is 562. The highest BCUT2D eigenvalue weighted by Gasteiger charge is 2.05. The number of aromatic nitrogens is 2. The summed E-state index contributed by atoms with van der Waals surface area (Å²) >= 11 is 20.9. The summed E-state index contributed by atoms with van der Waals surface area (Å²) in [5, 5.41) is 11.5. The monoisotopic (exact) mass is 351 g/mol. The molecule has 0 aliphatic heterocycles. The van der Waals surface area contributed by atoms with Crippen LogP contribution in [-0.4, -0.2) is 10.2 Å². The summed E-state index contributed by atoms with van der Waals surface area (Å²) in [5.74, 6) is 0. The van der Waals surface area contributed by atoms with Gasteiger partial charge in [0.25, 0.3) is 0 Å². The molecule has 7 heteroatoms. The number of nitrogens with one attached hydrogen (secondary N) is 1. The van der Waals surface area contributed by atoms with Crippen molar-refractivity contribution in [3.05, 3.63) is 44.1 Å². The van der Waals surface area contributed by atoms with Gasteiger partial charge >= 0.3 is 0 Å². The Hall–Kier alpha value is -0.550. The van der Waals surface area contributed by atoms with Gasteiger partial charge in [-0.3, -0.25) is 0 Å². The van der Waals surface area contributed by atoms with E-state index >= 15 is 0 Å². The van der Waals surface area contributed by atoms with Crippen LogP contribution in [0.4, 0.5) is 11.4 Å². The average Bonchev–Trinajstić information content (AvgIpc) is 2.29. The van der Waals surface area contributed by atoms with Crippen LogP contribution in [0, 0.1) is 0 Å². The molecule has 0 saturated heterocycles. The zero-order valence-corrected chi connectivity index (χ0v) is 12.1. The molecule has 1 heterocycles. The average molecular weight is 353 g/mol. The van der Waals surface area contributed by atoms with E-state index in [2.05, 4.69) is 31.4 Å². The second kappa shape index (κ2) is 5.40. The van der Waals surface area contributed by atoms with Crippen molar-refractivity contribution in [2.75, 3.05) is 5.32 Å². The first kappa shape index (κ1) is 12.9. The standard InChI is InChI=1S/C10H5BrCl3N3/c11-6-3-5(1-2-7(6)12)15-8-4-9(13)16-17-10(8)14/h1-4H,(H,15,16).